The molecule has 4 rings (SSSR count). The van der Waals surface area contributed by atoms with Gasteiger partial charge in [0.15, 0.2) is 0 Å². The Bertz CT molecular complexity index is 718. The van der Waals surface area contributed by atoms with E-state index in [1.165, 1.54) is 0 Å². The average Bonchev–Trinajstić information content (AvgIpc) is 3.38. The molecule has 0 aromatic carbocycles. The van der Waals surface area contributed by atoms with E-state index in [-0.39, 0.29) is 29.6 Å². The van der Waals surface area contributed by atoms with E-state index in [0.29, 0.717) is 18.4 Å². The molecule has 0 amide bonds. The number of hydrogen-bond donors (Lipinski definition) is 3. The smallest absolute Gasteiger partial charge is 0.310 e. The molecule has 8 nitrogen and oxygen atoms in total. The number of carbonyl (C=O) groups is 4. The number of carboxylic acids is 3. The van der Waals surface area contributed by atoms with Crippen LogP contribution in [0.15, 0.2) is 0 Å². The third kappa shape index (κ3) is 3.81. The predicted octanol–water partition coefficient (Wildman–Crippen LogP) is 2.61. The van der Waals surface area contributed by atoms with Crippen LogP contribution in [0.25, 0.3) is 0 Å². The fourth-order valence-corrected chi connectivity index (χ4v) is 6.97. The molecule has 4 fully saturated rings. The van der Waals surface area contributed by atoms with Gasteiger partial charge in [-0.2, -0.15) is 0 Å². The summed E-state index contributed by atoms with van der Waals surface area (Å²) in [5.41, 5.74) is 0. The SMILES string of the molecule is CC1CC2CC1C(C(=O)O)C2C(=O)O.CCOC(=O)C1C2CC(C)C(C2)C1C(=O)O. The Labute approximate surface area is 176 Å². The summed E-state index contributed by atoms with van der Waals surface area (Å²) in [5, 5.41) is 27.2. The second-order valence-corrected chi connectivity index (χ2v) is 9.62. The van der Waals surface area contributed by atoms with Crippen LogP contribution in [-0.4, -0.2) is 45.8 Å². The third-order valence-electron chi connectivity index (χ3n) is 8.09. The summed E-state index contributed by atoms with van der Waals surface area (Å²) in [4.78, 5) is 45.0. The molecule has 0 saturated heterocycles. The van der Waals surface area contributed by atoms with E-state index < -0.39 is 41.6 Å². The quantitative estimate of drug-likeness (QED) is 0.573. The molecular formula is C22H32O8. The molecule has 168 valence electrons. The molecule has 0 aromatic rings. The van der Waals surface area contributed by atoms with Crippen LogP contribution in [0, 0.1) is 59.2 Å². The van der Waals surface area contributed by atoms with E-state index >= 15 is 0 Å². The molecule has 4 aliphatic carbocycles. The van der Waals surface area contributed by atoms with Crippen LogP contribution < -0.4 is 0 Å². The van der Waals surface area contributed by atoms with Crippen molar-refractivity contribution in [3.63, 3.8) is 0 Å². The maximum absolute atomic E-state index is 11.8. The number of carbonyl (C=O) groups excluding carboxylic acids is 1. The fraction of sp³-hybridized carbons (Fsp3) is 0.818. The van der Waals surface area contributed by atoms with Gasteiger partial charge in [0.25, 0.3) is 0 Å². The lowest BCUT2D eigenvalue weighted by atomic mass is 9.74. The summed E-state index contributed by atoms with van der Waals surface area (Å²) in [5.74, 6) is -3.88. The number of hydrogen-bond acceptors (Lipinski definition) is 5. The maximum atomic E-state index is 11.8. The van der Waals surface area contributed by atoms with Crippen LogP contribution in [-0.2, 0) is 23.9 Å². The molecule has 0 spiro atoms. The molecule has 0 radical (unpaired) electrons. The van der Waals surface area contributed by atoms with Crippen LogP contribution in [0.5, 0.6) is 0 Å². The Balaban J connectivity index is 0.000000172. The van der Waals surface area contributed by atoms with Crippen molar-refractivity contribution in [3.8, 4) is 0 Å². The molecule has 4 bridgehead atoms. The van der Waals surface area contributed by atoms with Gasteiger partial charge >= 0.3 is 23.9 Å². The largest absolute Gasteiger partial charge is 0.481 e. The predicted molar refractivity (Wildman–Crippen MR) is 104 cm³/mol. The van der Waals surface area contributed by atoms with Crippen molar-refractivity contribution >= 4 is 23.9 Å². The Morgan fingerprint density at radius 3 is 1.50 bits per heavy atom. The van der Waals surface area contributed by atoms with Crippen LogP contribution in [0.3, 0.4) is 0 Å². The Morgan fingerprint density at radius 1 is 0.700 bits per heavy atom. The summed E-state index contributed by atoms with van der Waals surface area (Å²) in [6.07, 6.45) is 3.51. The van der Waals surface area contributed by atoms with Crippen LogP contribution >= 0.6 is 0 Å². The van der Waals surface area contributed by atoms with Gasteiger partial charge in [0.1, 0.15) is 0 Å². The molecule has 0 aromatic heterocycles. The minimum Gasteiger partial charge on any atom is -0.481 e. The summed E-state index contributed by atoms with van der Waals surface area (Å²) < 4.78 is 4.99. The first-order valence-corrected chi connectivity index (χ1v) is 10.9. The van der Waals surface area contributed by atoms with Crippen molar-refractivity contribution in [2.75, 3.05) is 6.61 Å². The third-order valence-corrected chi connectivity index (χ3v) is 8.09. The Morgan fingerprint density at radius 2 is 1.10 bits per heavy atom. The van der Waals surface area contributed by atoms with Crippen LogP contribution in [0.4, 0.5) is 0 Å². The van der Waals surface area contributed by atoms with Gasteiger partial charge in [-0.3, -0.25) is 19.2 Å². The minimum absolute atomic E-state index is 0.0820. The van der Waals surface area contributed by atoms with Crippen molar-refractivity contribution in [1.29, 1.82) is 0 Å². The number of fused-ring (bicyclic) bond motifs is 4. The molecule has 4 saturated carbocycles. The Hall–Kier alpha value is -2.12. The monoisotopic (exact) mass is 424 g/mol. The van der Waals surface area contributed by atoms with Gasteiger partial charge in [0, 0.05) is 0 Å². The van der Waals surface area contributed by atoms with E-state index in [9.17, 15) is 24.3 Å². The topological polar surface area (TPSA) is 138 Å². The van der Waals surface area contributed by atoms with Crippen LogP contribution in [0.1, 0.15) is 46.5 Å². The molecule has 8 heteroatoms. The van der Waals surface area contributed by atoms with Gasteiger partial charge in [-0.05, 0) is 68.1 Å². The summed E-state index contributed by atoms with van der Waals surface area (Å²) >= 11 is 0. The highest BCUT2D eigenvalue weighted by atomic mass is 16.5. The highest BCUT2D eigenvalue weighted by Crippen LogP contribution is 2.56. The molecule has 10 unspecified atom stereocenters. The van der Waals surface area contributed by atoms with E-state index in [1.807, 2.05) is 6.92 Å². The zero-order valence-electron chi connectivity index (χ0n) is 17.7. The fourth-order valence-electron chi connectivity index (χ4n) is 6.97. The van der Waals surface area contributed by atoms with Gasteiger partial charge < -0.3 is 20.1 Å². The highest BCUT2D eigenvalue weighted by molar-refractivity contribution is 5.83. The zero-order chi connectivity index (χ0) is 22.3. The van der Waals surface area contributed by atoms with Crippen molar-refractivity contribution in [1.82, 2.24) is 0 Å². The van der Waals surface area contributed by atoms with E-state index in [4.69, 9.17) is 14.9 Å². The summed E-state index contributed by atoms with van der Waals surface area (Å²) in [6.45, 7) is 6.19. The molecular weight excluding hydrogens is 392 g/mol. The molecule has 3 N–H and O–H groups in total. The first-order valence-electron chi connectivity index (χ1n) is 10.9. The van der Waals surface area contributed by atoms with Crippen molar-refractivity contribution in [2.45, 2.75) is 46.5 Å². The number of ether oxygens (including phenoxy) is 1. The first-order chi connectivity index (χ1) is 14.1. The minimum atomic E-state index is -0.934. The molecule has 10 atom stereocenters. The lowest BCUT2D eigenvalue weighted by molar-refractivity contribution is -0.160. The van der Waals surface area contributed by atoms with Crippen molar-refractivity contribution in [2.24, 2.45) is 59.2 Å². The lowest BCUT2D eigenvalue weighted by Crippen LogP contribution is -2.38. The second-order valence-electron chi connectivity index (χ2n) is 9.62. The van der Waals surface area contributed by atoms with E-state index in [1.54, 1.807) is 6.92 Å². The van der Waals surface area contributed by atoms with E-state index in [2.05, 4.69) is 6.92 Å². The normalized spacial score (nSPS) is 43.0. The number of esters is 1. The molecule has 0 aliphatic heterocycles. The highest BCUT2D eigenvalue weighted by Gasteiger charge is 2.58. The second kappa shape index (κ2) is 8.55. The van der Waals surface area contributed by atoms with Crippen molar-refractivity contribution in [3.05, 3.63) is 0 Å². The first kappa shape index (κ1) is 22.6. The molecule has 0 heterocycles. The van der Waals surface area contributed by atoms with Gasteiger partial charge in [-0.15, -0.1) is 0 Å². The number of rotatable bonds is 5. The zero-order valence-corrected chi connectivity index (χ0v) is 17.7. The van der Waals surface area contributed by atoms with Crippen LogP contribution in [0.2, 0.25) is 0 Å². The Kier molecular flexibility index (Phi) is 6.43. The average molecular weight is 424 g/mol. The van der Waals surface area contributed by atoms with Gasteiger partial charge in [0.05, 0.1) is 30.3 Å². The van der Waals surface area contributed by atoms with Gasteiger partial charge in [-0.1, -0.05) is 13.8 Å². The summed E-state index contributed by atoms with van der Waals surface area (Å²) in [6, 6.07) is 0. The van der Waals surface area contributed by atoms with Crippen molar-refractivity contribution < 1.29 is 39.2 Å². The number of aliphatic carboxylic acids is 3. The molecule has 4 aliphatic rings. The van der Waals surface area contributed by atoms with Gasteiger partial charge in [0.2, 0.25) is 0 Å². The van der Waals surface area contributed by atoms with E-state index in [0.717, 1.165) is 25.7 Å². The summed E-state index contributed by atoms with van der Waals surface area (Å²) in [7, 11) is 0. The van der Waals surface area contributed by atoms with Gasteiger partial charge in [-0.25, -0.2) is 0 Å². The lowest BCUT2D eigenvalue weighted by Gasteiger charge is -2.30. The molecule has 30 heavy (non-hydrogen) atoms. The number of carboxylic acid groups (broad SMARTS) is 3. The standard InChI is InChI=1S/C12H18O4.C10H14O4/c1-3-16-12(15)9-7-4-6(2)8(5-7)10(9)11(13)14;1-4-2-5-3-6(4)8(10(13)14)7(5)9(11)12/h6-10H,3-5H2,1-2H3,(H,13,14);4-8H,2-3H2,1H3,(H,11,12)(H,13,14). The maximum Gasteiger partial charge on any atom is 0.310 e.